The maximum atomic E-state index is 13.4. The lowest BCUT2D eigenvalue weighted by Gasteiger charge is -2.22. The molecule has 2 aromatic carbocycles. The summed E-state index contributed by atoms with van der Waals surface area (Å²) >= 11 is 0. The molecule has 216 valence electrons. The highest BCUT2D eigenvalue weighted by Gasteiger charge is 2.41. The first kappa shape index (κ1) is 28.6. The summed E-state index contributed by atoms with van der Waals surface area (Å²) in [4.78, 5) is 26.4. The molecule has 0 spiro atoms. The quantitative estimate of drug-likeness (QED) is 0.315. The van der Waals surface area contributed by atoms with Crippen molar-refractivity contribution >= 4 is 26.9 Å². The number of amides is 1. The minimum atomic E-state index is -4.48. The van der Waals surface area contributed by atoms with Crippen LogP contribution in [0.25, 0.3) is 22.1 Å². The number of aromatic nitrogens is 1. The number of pyridine rings is 1. The first-order chi connectivity index (χ1) is 19.4. The average molecular weight is 588 g/mol. The highest BCUT2D eigenvalue weighted by Crippen LogP contribution is 2.32. The molecule has 2 aromatic heterocycles. The van der Waals surface area contributed by atoms with Gasteiger partial charge in [0.2, 0.25) is 11.0 Å². The molecule has 4 aromatic rings. The first-order valence-corrected chi connectivity index (χ1v) is 14.5. The number of halogens is 3. The highest BCUT2D eigenvalue weighted by molar-refractivity contribution is 7.89. The largest absolute Gasteiger partial charge is 0.443 e. The number of carbonyl (C=O) groups is 1. The van der Waals surface area contributed by atoms with E-state index in [1.54, 1.807) is 44.3 Å². The van der Waals surface area contributed by atoms with E-state index in [0.29, 0.717) is 34.9 Å². The second-order valence-corrected chi connectivity index (χ2v) is 12.1. The molecule has 0 bridgehead atoms. The van der Waals surface area contributed by atoms with Gasteiger partial charge in [0.15, 0.2) is 0 Å². The molecule has 12 heteroatoms. The summed E-state index contributed by atoms with van der Waals surface area (Å²) in [6, 6.07) is 13.2. The van der Waals surface area contributed by atoms with Gasteiger partial charge in [0, 0.05) is 42.3 Å². The second kappa shape index (κ2) is 10.8. The van der Waals surface area contributed by atoms with E-state index < -0.39 is 33.7 Å². The Morgan fingerprint density at radius 2 is 1.78 bits per heavy atom. The van der Waals surface area contributed by atoms with Gasteiger partial charge in [-0.05, 0) is 62.1 Å². The fourth-order valence-corrected chi connectivity index (χ4v) is 6.58. The van der Waals surface area contributed by atoms with E-state index in [0.717, 1.165) is 16.4 Å². The molecule has 0 radical (unpaired) electrons. The Morgan fingerprint density at radius 3 is 2.44 bits per heavy atom. The number of para-hydroxylation sites is 1. The molecule has 3 heterocycles. The molecule has 41 heavy (non-hydrogen) atoms. The first-order valence-electron chi connectivity index (χ1n) is 13.1. The lowest BCUT2D eigenvalue weighted by Crippen LogP contribution is -2.46. The molecule has 1 aliphatic rings. The van der Waals surface area contributed by atoms with Gasteiger partial charge in [-0.2, -0.15) is 17.5 Å². The molecule has 1 saturated heterocycles. The Kier molecular flexibility index (Phi) is 7.56. The summed E-state index contributed by atoms with van der Waals surface area (Å²) < 4.78 is 74.0. The van der Waals surface area contributed by atoms with E-state index in [2.05, 4.69) is 5.32 Å². The molecule has 8 nitrogen and oxygen atoms in total. The van der Waals surface area contributed by atoms with E-state index in [4.69, 9.17) is 4.42 Å². The molecule has 0 saturated carbocycles. The second-order valence-electron chi connectivity index (χ2n) is 10.2. The number of nitrogens with zero attached hydrogens (tertiary/aromatic N) is 2. The minimum Gasteiger partial charge on any atom is -0.443 e. The van der Waals surface area contributed by atoms with Crippen LogP contribution in [0, 0.1) is 0 Å². The van der Waals surface area contributed by atoms with Crippen LogP contribution >= 0.6 is 0 Å². The molecule has 1 atom stereocenters. The van der Waals surface area contributed by atoms with Gasteiger partial charge in [0.05, 0.1) is 5.56 Å². The number of alkyl halides is 3. The van der Waals surface area contributed by atoms with E-state index in [9.17, 15) is 31.2 Å². The third-order valence-electron chi connectivity index (χ3n) is 7.14. The zero-order chi connectivity index (χ0) is 29.5. The maximum absolute atomic E-state index is 13.4. The van der Waals surface area contributed by atoms with Crippen LogP contribution in [0.3, 0.4) is 0 Å². The van der Waals surface area contributed by atoms with Gasteiger partial charge in [-0.3, -0.25) is 9.59 Å². The molecular formula is C29H28F3N3O5S. The Bertz CT molecular complexity index is 1730. The summed E-state index contributed by atoms with van der Waals surface area (Å²) in [7, 11) is -4.10. The minimum absolute atomic E-state index is 0.140. The van der Waals surface area contributed by atoms with Crippen molar-refractivity contribution < 1.29 is 30.8 Å². The van der Waals surface area contributed by atoms with Crippen molar-refractivity contribution in [2.75, 3.05) is 6.54 Å². The molecular weight excluding hydrogens is 559 g/mol. The molecule has 5 rings (SSSR count). The Hall–Kier alpha value is -3.90. The number of rotatable bonds is 7. The third kappa shape index (κ3) is 5.66. The summed E-state index contributed by atoms with van der Waals surface area (Å²) in [5, 5.41) is 3.08. The summed E-state index contributed by atoms with van der Waals surface area (Å²) in [5.41, 5.74) is 0.457. The van der Waals surface area contributed by atoms with Gasteiger partial charge in [-0.25, -0.2) is 8.42 Å². The monoisotopic (exact) mass is 587 g/mol. The lowest BCUT2D eigenvalue weighted by molar-refractivity contribution is -0.137. The molecule has 0 unspecified atom stereocenters. The molecule has 1 amide bonds. The van der Waals surface area contributed by atoms with E-state index in [1.807, 2.05) is 0 Å². The van der Waals surface area contributed by atoms with Gasteiger partial charge in [0.25, 0.3) is 15.6 Å². The molecule has 1 N–H and O–H groups in total. The van der Waals surface area contributed by atoms with Crippen LogP contribution in [-0.2, 0) is 27.5 Å². The Balaban J connectivity index is 1.38. The van der Waals surface area contributed by atoms with Crippen LogP contribution in [0.5, 0.6) is 0 Å². The number of hydrogen-bond acceptors (Lipinski definition) is 5. The van der Waals surface area contributed by atoms with Gasteiger partial charge in [-0.1, -0.05) is 30.3 Å². The van der Waals surface area contributed by atoms with Crippen molar-refractivity contribution in [1.29, 1.82) is 0 Å². The molecule has 1 fully saturated rings. The number of fused-ring (bicyclic) bond motifs is 1. The number of hydrogen-bond donors (Lipinski definition) is 1. The predicted octanol–water partition coefficient (Wildman–Crippen LogP) is 5.33. The summed E-state index contributed by atoms with van der Waals surface area (Å²) in [6.07, 6.45) is -2.13. The van der Waals surface area contributed by atoms with Crippen LogP contribution in [-0.4, -0.2) is 35.8 Å². The number of sulfonamides is 1. The zero-order valence-electron chi connectivity index (χ0n) is 22.3. The SMILES string of the molecule is CC(C)n1cc(-c2ccc(C(F)(F)F)cc2)cc(CNC(=O)[C@@H]2CCCN2S(=O)(=O)c2cc3ccccc3o2)c1=O. The fraction of sp³-hybridized carbons (Fsp3) is 0.310. The maximum Gasteiger partial charge on any atom is 0.416 e. The number of benzene rings is 2. The smallest absolute Gasteiger partial charge is 0.416 e. The predicted molar refractivity (Wildman–Crippen MR) is 146 cm³/mol. The lowest BCUT2D eigenvalue weighted by atomic mass is 10.0. The Morgan fingerprint density at radius 1 is 1.07 bits per heavy atom. The third-order valence-corrected chi connectivity index (χ3v) is 8.91. The van der Waals surface area contributed by atoms with E-state index >= 15 is 0 Å². The van der Waals surface area contributed by atoms with E-state index in [1.165, 1.54) is 28.8 Å². The average Bonchev–Trinajstić information content (AvgIpc) is 3.60. The summed E-state index contributed by atoms with van der Waals surface area (Å²) in [6.45, 7) is 3.54. The van der Waals surface area contributed by atoms with E-state index in [-0.39, 0.29) is 35.3 Å². The van der Waals surface area contributed by atoms with Crippen LogP contribution in [0.1, 0.15) is 43.9 Å². The van der Waals surface area contributed by atoms with Gasteiger partial charge < -0.3 is 14.3 Å². The van der Waals surface area contributed by atoms with Crippen molar-refractivity contribution in [3.8, 4) is 11.1 Å². The Labute approximate surface area is 234 Å². The van der Waals surface area contributed by atoms with Gasteiger partial charge in [0.1, 0.15) is 11.6 Å². The zero-order valence-corrected chi connectivity index (χ0v) is 23.1. The highest BCUT2D eigenvalue weighted by atomic mass is 32.2. The van der Waals surface area contributed by atoms with Crippen molar-refractivity contribution in [3.05, 3.63) is 88.3 Å². The van der Waals surface area contributed by atoms with Gasteiger partial charge >= 0.3 is 6.18 Å². The topological polar surface area (TPSA) is 102 Å². The van der Waals surface area contributed by atoms with Gasteiger partial charge in [-0.15, -0.1) is 0 Å². The van der Waals surface area contributed by atoms with Crippen LogP contribution in [0.4, 0.5) is 13.2 Å². The van der Waals surface area contributed by atoms with Crippen molar-refractivity contribution in [1.82, 2.24) is 14.2 Å². The fourth-order valence-electron chi connectivity index (χ4n) is 4.97. The van der Waals surface area contributed by atoms with Crippen molar-refractivity contribution in [2.24, 2.45) is 0 Å². The summed E-state index contributed by atoms with van der Waals surface area (Å²) in [5.74, 6) is -0.558. The normalized spacial score (nSPS) is 16.5. The molecule has 1 aliphatic heterocycles. The van der Waals surface area contributed by atoms with Crippen molar-refractivity contribution in [2.45, 2.75) is 56.6 Å². The van der Waals surface area contributed by atoms with Crippen molar-refractivity contribution in [3.63, 3.8) is 0 Å². The standard InChI is InChI=1S/C29H28F3N3O5S/c1-18(2)34-17-22(19-9-11-23(12-10-19)29(30,31)32)14-21(28(34)37)16-33-27(36)24-7-5-13-35(24)41(38,39)26-15-20-6-3-4-8-25(20)40-26/h3-4,6,8-12,14-15,17-18,24H,5,7,13,16H2,1-2H3,(H,33,36)/t24-/m0/s1. The van der Waals surface area contributed by atoms with Crippen LogP contribution in [0.2, 0.25) is 0 Å². The number of furan rings is 1. The molecule has 0 aliphatic carbocycles. The number of nitrogens with one attached hydrogen (secondary N) is 1. The van der Waals surface area contributed by atoms with Crippen LogP contribution < -0.4 is 10.9 Å². The number of carbonyl (C=O) groups excluding carboxylic acids is 1. The van der Waals surface area contributed by atoms with Crippen LogP contribution in [0.15, 0.2) is 81.2 Å².